The topological polar surface area (TPSA) is 18.8 Å². The lowest BCUT2D eigenvalue weighted by atomic mass is 10.2. The van der Waals surface area contributed by atoms with Crippen LogP contribution in [0.5, 0.6) is 0 Å². The first kappa shape index (κ1) is 14.3. The minimum Gasteiger partial charge on any atom is -0.339 e. The first-order valence-electron chi connectivity index (χ1n) is 7.39. The SMILES string of the molecule is CCCCCCN1N=CN(CCC)C1CCC. The van der Waals surface area contributed by atoms with Gasteiger partial charge in [-0.1, -0.05) is 46.5 Å². The Morgan fingerprint density at radius 2 is 1.76 bits per heavy atom. The highest BCUT2D eigenvalue weighted by atomic mass is 15.6. The van der Waals surface area contributed by atoms with E-state index in [9.17, 15) is 0 Å². The maximum Gasteiger partial charge on any atom is 0.119 e. The molecule has 1 aliphatic heterocycles. The summed E-state index contributed by atoms with van der Waals surface area (Å²) in [7, 11) is 0. The predicted molar refractivity (Wildman–Crippen MR) is 75.0 cm³/mol. The molecule has 1 rings (SSSR count). The van der Waals surface area contributed by atoms with E-state index in [2.05, 4.69) is 35.8 Å². The lowest BCUT2D eigenvalue weighted by Gasteiger charge is -2.30. The van der Waals surface area contributed by atoms with Crippen LogP contribution in [0.25, 0.3) is 0 Å². The third-order valence-electron chi connectivity index (χ3n) is 3.34. The van der Waals surface area contributed by atoms with Crippen LogP contribution in [0.2, 0.25) is 0 Å². The highest BCUT2D eigenvalue weighted by molar-refractivity contribution is 5.57. The maximum absolute atomic E-state index is 4.57. The molecule has 0 bridgehead atoms. The van der Waals surface area contributed by atoms with Gasteiger partial charge in [-0.15, -0.1) is 0 Å². The van der Waals surface area contributed by atoms with Gasteiger partial charge < -0.3 is 4.90 Å². The van der Waals surface area contributed by atoms with Crippen LogP contribution in [0.15, 0.2) is 5.10 Å². The van der Waals surface area contributed by atoms with Gasteiger partial charge in [0.1, 0.15) is 12.5 Å². The van der Waals surface area contributed by atoms with Crippen LogP contribution in [-0.4, -0.2) is 35.5 Å². The van der Waals surface area contributed by atoms with Crippen molar-refractivity contribution >= 4 is 6.34 Å². The molecule has 0 aromatic carbocycles. The summed E-state index contributed by atoms with van der Waals surface area (Å²) in [6, 6.07) is 0. The minimum absolute atomic E-state index is 0.529. The van der Waals surface area contributed by atoms with Crippen molar-refractivity contribution in [1.82, 2.24) is 9.91 Å². The van der Waals surface area contributed by atoms with E-state index >= 15 is 0 Å². The average Bonchev–Trinajstić information content (AvgIpc) is 2.69. The standard InChI is InChI=1S/C14H29N3/c1-4-7-8-9-12-17-14(10-5-2)16(11-6-3)13-15-17/h13-14H,4-12H2,1-3H3. The molecule has 0 fully saturated rings. The summed E-state index contributed by atoms with van der Waals surface area (Å²) in [4.78, 5) is 2.41. The zero-order valence-electron chi connectivity index (χ0n) is 11.9. The molecule has 0 aromatic heterocycles. The van der Waals surface area contributed by atoms with E-state index in [0.29, 0.717) is 6.17 Å². The second-order valence-corrected chi connectivity index (χ2v) is 4.96. The fraction of sp³-hybridized carbons (Fsp3) is 0.929. The molecule has 100 valence electrons. The van der Waals surface area contributed by atoms with E-state index in [-0.39, 0.29) is 0 Å². The van der Waals surface area contributed by atoms with Gasteiger partial charge in [0.2, 0.25) is 0 Å². The van der Waals surface area contributed by atoms with Crippen LogP contribution in [0.3, 0.4) is 0 Å². The normalized spacial score (nSPS) is 19.4. The largest absolute Gasteiger partial charge is 0.339 e. The quantitative estimate of drug-likeness (QED) is 0.572. The molecule has 1 unspecified atom stereocenters. The van der Waals surface area contributed by atoms with Crippen molar-refractivity contribution < 1.29 is 0 Å². The van der Waals surface area contributed by atoms with Crippen molar-refractivity contribution in [2.24, 2.45) is 5.10 Å². The van der Waals surface area contributed by atoms with Gasteiger partial charge in [0.25, 0.3) is 0 Å². The molecule has 1 aliphatic rings. The van der Waals surface area contributed by atoms with Gasteiger partial charge in [0, 0.05) is 13.1 Å². The van der Waals surface area contributed by atoms with Gasteiger partial charge >= 0.3 is 0 Å². The summed E-state index contributed by atoms with van der Waals surface area (Å²) in [5.74, 6) is 0. The molecular weight excluding hydrogens is 210 g/mol. The number of hydrogen-bond acceptors (Lipinski definition) is 3. The molecule has 17 heavy (non-hydrogen) atoms. The number of nitrogens with zero attached hydrogens (tertiary/aromatic N) is 3. The maximum atomic E-state index is 4.57. The van der Waals surface area contributed by atoms with E-state index in [1.54, 1.807) is 0 Å². The highest BCUT2D eigenvalue weighted by Crippen LogP contribution is 2.18. The van der Waals surface area contributed by atoms with Gasteiger partial charge in [-0.3, -0.25) is 5.01 Å². The highest BCUT2D eigenvalue weighted by Gasteiger charge is 2.25. The van der Waals surface area contributed by atoms with Crippen molar-refractivity contribution in [1.29, 1.82) is 0 Å². The van der Waals surface area contributed by atoms with Gasteiger partial charge in [0.15, 0.2) is 0 Å². The van der Waals surface area contributed by atoms with Crippen LogP contribution >= 0.6 is 0 Å². The Balaban J connectivity index is 2.34. The van der Waals surface area contributed by atoms with Crippen LogP contribution in [0.4, 0.5) is 0 Å². The van der Waals surface area contributed by atoms with Crippen molar-refractivity contribution in [2.75, 3.05) is 13.1 Å². The van der Waals surface area contributed by atoms with E-state index < -0.39 is 0 Å². The number of hydrazone groups is 1. The molecule has 0 saturated heterocycles. The summed E-state index contributed by atoms with van der Waals surface area (Å²) in [5, 5.41) is 6.87. The van der Waals surface area contributed by atoms with Crippen molar-refractivity contribution in [2.45, 2.75) is 71.9 Å². The van der Waals surface area contributed by atoms with E-state index in [4.69, 9.17) is 0 Å². The molecule has 0 aliphatic carbocycles. The van der Waals surface area contributed by atoms with E-state index in [1.165, 1.54) is 44.9 Å². The molecule has 0 aromatic rings. The van der Waals surface area contributed by atoms with Crippen molar-refractivity contribution in [3.63, 3.8) is 0 Å². The fourth-order valence-corrected chi connectivity index (χ4v) is 2.40. The van der Waals surface area contributed by atoms with Gasteiger partial charge in [-0.05, 0) is 19.3 Å². The second-order valence-electron chi connectivity index (χ2n) is 4.96. The molecule has 3 heteroatoms. The summed E-state index contributed by atoms with van der Waals surface area (Å²) in [5.41, 5.74) is 0. The molecule has 0 radical (unpaired) electrons. The Hall–Kier alpha value is -0.730. The number of unbranched alkanes of at least 4 members (excludes halogenated alkanes) is 3. The molecular formula is C14H29N3. The Labute approximate surface area is 107 Å². The van der Waals surface area contributed by atoms with Gasteiger partial charge in [-0.25, -0.2) is 0 Å². The lowest BCUT2D eigenvalue weighted by molar-refractivity contribution is 0.119. The van der Waals surface area contributed by atoms with Crippen LogP contribution in [-0.2, 0) is 0 Å². The Morgan fingerprint density at radius 3 is 2.41 bits per heavy atom. The molecule has 0 saturated carbocycles. The molecule has 0 amide bonds. The fourth-order valence-electron chi connectivity index (χ4n) is 2.40. The zero-order chi connectivity index (χ0) is 12.5. The van der Waals surface area contributed by atoms with Gasteiger partial charge in [-0.2, -0.15) is 5.10 Å². The summed E-state index contributed by atoms with van der Waals surface area (Å²) in [6.45, 7) is 9.02. The predicted octanol–water partition coefficient (Wildman–Crippen LogP) is 3.66. The van der Waals surface area contributed by atoms with E-state index in [1.807, 2.05) is 6.34 Å². The first-order chi connectivity index (χ1) is 8.33. The van der Waals surface area contributed by atoms with Crippen molar-refractivity contribution in [3.8, 4) is 0 Å². The number of hydrogen-bond donors (Lipinski definition) is 0. The smallest absolute Gasteiger partial charge is 0.119 e. The Kier molecular flexibility index (Phi) is 7.06. The van der Waals surface area contributed by atoms with Gasteiger partial charge in [0.05, 0.1) is 0 Å². The second kappa shape index (κ2) is 8.37. The summed E-state index contributed by atoms with van der Waals surface area (Å²) in [6.07, 6.45) is 11.5. The number of rotatable bonds is 9. The third-order valence-corrected chi connectivity index (χ3v) is 3.34. The average molecular weight is 239 g/mol. The Bertz CT molecular complexity index is 216. The molecule has 0 spiro atoms. The molecule has 1 atom stereocenters. The van der Waals surface area contributed by atoms with Crippen LogP contribution < -0.4 is 0 Å². The van der Waals surface area contributed by atoms with E-state index in [0.717, 1.165) is 13.1 Å². The minimum atomic E-state index is 0.529. The first-order valence-corrected chi connectivity index (χ1v) is 7.39. The Morgan fingerprint density at radius 1 is 0.941 bits per heavy atom. The van der Waals surface area contributed by atoms with Crippen LogP contribution in [0, 0.1) is 0 Å². The summed E-state index contributed by atoms with van der Waals surface area (Å²) < 4.78 is 0. The third kappa shape index (κ3) is 4.57. The van der Waals surface area contributed by atoms with Crippen LogP contribution in [0.1, 0.15) is 65.7 Å². The summed E-state index contributed by atoms with van der Waals surface area (Å²) >= 11 is 0. The molecule has 3 nitrogen and oxygen atoms in total. The molecule has 1 heterocycles. The monoisotopic (exact) mass is 239 g/mol. The lowest BCUT2D eigenvalue weighted by Crippen LogP contribution is -2.40. The van der Waals surface area contributed by atoms with Crippen molar-refractivity contribution in [3.05, 3.63) is 0 Å². The zero-order valence-corrected chi connectivity index (χ0v) is 11.9. The molecule has 0 N–H and O–H groups in total.